The Labute approximate surface area is 159 Å². The highest BCUT2D eigenvalue weighted by Crippen LogP contribution is 2.33. The van der Waals surface area contributed by atoms with E-state index in [1.165, 1.54) is 0 Å². The number of aryl methyl sites for hydroxylation is 1. The summed E-state index contributed by atoms with van der Waals surface area (Å²) in [5.41, 5.74) is 1.74. The van der Waals surface area contributed by atoms with Gasteiger partial charge in [0.1, 0.15) is 0 Å². The van der Waals surface area contributed by atoms with Crippen LogP contribution in [0, 0.1) is 18.8 Å². The van der Waals surface area contributed by atoms with Crippen LogP contribution in [0.15, 0.2) is 24.3 Å². The second kappa shape index (κ2) is 8.65. The molecule has 1 N–H and O–H groups in total. The van der Waals surface area contributed by atoms with E-state index >= 15 is 0 Å². The second-order valence-corrected chi connectivity index (χ2v) is 7.58. The molecule has 146 valence electrons. The Balaban J connectivity index is 1.45. The van der Waals surface area contributed by atoms with Gasteiger partial charge in [0, 0.05) is 38.1 Å². The van der Waals surface area contributed by atoms with Gasteiger partial charge in [-0.05, 0) is 32.1 Å². The minimum Gasteiger partial charge on any atom is -0.481 e. The quantitative estimate of drug-likeness (QED) is 0.775. The summed E-state index contributed by atoms with van der Waals surface area (Å²) in [6.45, 7) is 3.68. The number of Topliss-reactive ketones (excluding diaryl/α,β-unsaturated/α-hetero) is 1. The maximum atomic E-state index is 12.4. The fourth-order valence-electron chi connectivity index (χ4n) is 4.08. The number of likely N-dealkylation sites (tertiary alicyclic amines) is 1. The van der Waals surface area contributed by atoms with Crippen molar-refractivity contribution in [1.29, 1.82) is 0 Å². The zero-order valence-corrected chi connectivity index (χ0v) is 15.7. The minimum absolute atomic E-state index is 0.00367. The van der Waals surface area contributed by atoms with Crippen LogP contribution < -0.4 is 0 Å². The van der Waals surface area contributed by atoms with Gasteiger partial charge in [-0.3, -0.25) is 14.4 Å². The van der Waals surface area contributed by atoms with Crippen molar-refractivity contribution in [2.24, 2.45) is 11.8 Å². The topological polar surface area (TPSA) is 83.9 Å². The number of amides is 1. The molecule has 2 fully saturated rings. The maximum Gasteiger partial charge on any atom is 0.309 e. The van der Waals surface area contributed by atoms with Crippen molar-refractivity contribution < 1.29 is 24.2 Å². The van der Waals surface area contributed by atoms with Crippen LogP contribution in [-0.4, -0.2) is 53.5 Å². The Morgan fingerprint density at radius 2 is 1.74 bits per heavy atom. The molecule has 6 heteroatoms. The Morgan fingerprint density at radius 1 is 1.07 bits per heavy atom. The number of ether oxygens (including phenoxy) is 1. The molecule has 1 aromatic carbocycles. The highest BCUT2D eigenvalue weighted by molar-refractivity contribution is 5.98. The van der Waals surface area contributed by atoms with Crippen molar-refractivity contribution in [2.75, 3.05) is 19.7 Å². The first-order valence-electron chi connectivity index (χ1n) is 9.67. The predicted molar refractivity (Wildman–Crippen MR) is 99.5 cm³/mol. The highest BCUT2D eigenvalue weighted by Gasteiger charge is 2.40. The van der Waals surface area contributed by atoms with E-state index in [0.717, 1.165) is 18.4 Å². The average molecular weight is 373 g/mol. The second-order valence-electron chi connectivity index (χ2n) is 7.58. The standard InChI is InChI=1S/C21H27NO5/c1-14-2-4-15(5-3-14)18(23)6-7-19(24)22-11-8-16(9-12-22)20-17(21(25)26)10-13-27-20/h2-5,16-17,20H,6-13H2,1H3,(H,25,26)/t17?,20-/m0/s1. The molecule has 2 aliphatic heterocycles. The monoisotopic (exact) mass is 373 g/mol. The van der Waals surface area contributed by atoms with Crippen LogP contribution in [0.5, 0.6) is 0 Å². The van der Waals surface area contributed by atoms with E-state index in [0.29, 0.717) is 31.7 Å². The third-order valence-corrected chi connectivity index (χ3v) is 5.75. The zero-order valence-electron chi connectivity index (χ0n) is 15.7. The number of benzene rings is 1. The maximum absolute atomic E-state index is 12.4. The molecule has 0 saturated carbocycles. The molecule has 6 nitrogen and oxygen atoms in total. The van der Waals surface area contributed by atoms with Crippen molar-refractivity contribution >= 4 is 17.7 Å². The smallest absolute Gasteiger partial charge is 0.309 e. The van der Waals surface area contributed by atoms with Crippen LogP contribution in [0.1, 0.15) is 48.0 Å². The SMILES string of the molecule is Cc1ccc(C(=O)CCC(=O)N2CCC([C@@H]3OCCC3C(=O)O)CC2)cc1. The van der Waals surface area contributed by atoms with Gasteiger partial charge < -0.3 is 14.7 Å². The molecule has 0 spiro atoms. The number of hydrogen-bond donors (Lipinski definition) is 1. The van der Waals surface area contributed by atoms with Gasteiger partial charge in [-0.15, -0.1) is 0 Å². The Bertz CT molecular complexity index is 691. The number of nitrogens with zero attached hydrogens (tertiary/aromatic N) is 1. The van der Waals surface area contributed by atoms with Crippen molar-refractivity contribution in [2.45, 2.75) is 45.1 Å². The van der Waals surface area contributed by atoms with Gasteiger partial charge in [0.2, 0.25) is 5.91 Å². The van der Waals surface area contributed by atoms with E-state index in [2.05, 4.69) is 0 Å². The summed E-state index contributed by atoms with van der Waals surface area (Å²) in [5, 5.41) is 9.31. The van der Waals surface area contributed by atoms with Gasteiger partial charge in [-0.1, -0.05) is 29.8 Å². The summed E-state index contributed by atoms with van der Waals surface area (Å²) >= 11 is 0. The summed E-state index contributed by atoms with van der Waals surface area (Å²) in [5.74, 6) is -1.04. The zero-order chi connectivity index (χ0) is 19.4. The molecule has 0 aliphatic carbocycles. The van der Waals surface area contributed by atoms with E-state index in [1.807, 2.05) is 19.1 Å². The average Bonchev–Trinajstić information content (AvgIpc) is 3.17. The Kier molecular flexibility index (Phi) is 6.26. The number of aliphatic carboxylic acids is 1. The molecule has 1 aromatic rings. The molecule has 27 heavy (non-hydrogen) atoms. The first-order chi connectivity index (χ1) is 13.0. The van der Waals surface area contributed by atoms with Crippen molar-refractivity contribution in [3.05, 3.63) is 35.4 Å². The Morgan fingerprint density at radius 3 is 2.37 bits per heavy atom. The summed E-state index contributed by atoms with van der Waals surface area (Å²) < 4.78 is 5.67. The molecule has 1 amide bonds. The van der Waals surface area contributed by atoms with E-state index in [4.69, 9.17) is 4.74 Å². The summed E-state index contributed by atoms with van der Waals surface area (Å²) in [6, 6.07) is 7.40. The summed E-state index contributed by atoms with van der Waals surface area (Å²) in [4.78, 5) is 37.8. The van der Waals surface area contributed by atoms with Crippen LogP contribution in [0.3, 0.4) is 0 Å². The molecular weight excluding hydrogens is 346 g/mol. The lowest BCUT2D eigenvalue weighted by Gasteiger charge is -2.35. The molecule has 0 aromatic heterocycles. The summed E-state index contributed by atoms with van der Waals surface area (Å²) in [6.07, 6.45) is 2.28. The van der Waals surface area contributed by atoms with E-state index in [-0.39, 0.29) is 36.6 Å². The number of carboxylic acid groups (broad SMARTS) is 1. The fraction of sp³-hybridized carbons (Fsp3) is 0.571. The van der Waals surface area contributed by atoms with Gasteiger partial charge in [-0.25, -0.2) is 0 Å². The number of ketones is 1. The molecule has 1 unspecified atom stereocenters. The normalized spacial score (nSPS) is 23.4. The van der Waals surface area contributed by atoms with Crippen LogP contribution in [0.25, 0.3) is 0 Å². The van der Waals surface area contributed by atoms with Crippen molar-refractivity contribution in [3.8, 4) is 0 Å². The third-order valence-electron chi connectivity index (χ3n) is 5.75. The molecule has 3 rings (SSSR count). The largest absolute Gasteiger partial charge is 0.481 e. The Hall–Kier alpha value is -2.21. The van der Waals surface area contributed by atoms with Gasteiger partial charge in [0.15, 0.2) is 5.78 Å². The van der Waals surface area contributed by atoms with Crippen molar-refractivity contribution in [1.82, 2.24) is 4.90 Å². The highest BCUT2D eigenvalue weighted by atomic mass is 16.5. The molecule has 2 heterocycles. The fourth-order valence-corrected chi connectivity index (χ4v) is 4.08. The van der Waals surface area contributed by atoms with E-state index < -0.39 is 11.9 Å². The van der Waals surface area contributed by atoms with Crippen LogP contribution >= 0.6 is 0 Å². The lowest BCUT2D eigenvalue weighted by molar-refractivity contribution is -0.146. The van der Waals surface area contributed by atoms with E-state index in [1.54, 1.807) is 17.0 Å². The van der Waals surface area contributed by atoms with Crippen LogP contribution in [-0.2, 0) is 14.3 Å². The van der Waals surface area contributed by atoms with Gasteiger partial charge in [0.25, 0.3) is 0 Å². The molecule has 0 radical (unpaired) electrons. The number of piperidine rings is 1. The molecule has 2 saturated heterocycles. The lowest BCUT2D eigenvalue weighted by Crippen LogP contribution is -2.43. The predicted octanol–water partition coefficient (Wildman–Crippen LogP) is 2.69. The summed E-state index contributed by atoms with van der Waals surface area (Å²) in [7, 11) is 0. The van der Waals surface area contributed by atoms with Crippen molar-refractivity contribution in [3.63, 3.8) is 0 Å². The minimum atomic E-state index is -0.786. The number of rotatable bonds is 6. The number of carbonyl (C=O) groups is 3. The van der Waals surface area contributed by atoms with Gasteiger partial charge in [-0.2, -0.15) is 0 Å². The molecule has 2 aliphatic rings. The lowest BCUT2D eigenvalue weighted by atomic mass is 9.84. The molecule has 0 bridgehead atoms. The first kappa shape index (κ1) is 19.5. The molecule has 2 atom stereocenters. The molecular formula is C21H27NO5. The van der Waals surface area contributed by atoms with Crippen LogP contribution in [0.2, 0.25) is 0 Å². The van der Waals surface area contributed by atoms with E-state index in [9.17, 15) is 19.5 Å². The number of carboxylic acids is 1. The number of carbonyl (C=O) groups excluding carboxylic acids is 2. The van der Waals surface area contributed by atoms with Gasteiger partial charge in [0.05, 0.1) is 12.0 Å². The number of hydrogen-bond acceptors (Lipinski definition) is 4. The van der Waals surface area contributed by atoms with Crippen LogP contribution in [0.4, 0.5) is 0 Å². The first-order valence-corrected chi connectivity index (χ1v) is 9.67. The van der Waals surface area contributed by atoms with Gasteiger partial charge >= 0.3 is 5.97 Å². The third kappa shape index (κ3) is 4.75.